The molecule has 3 heteroatoms. The van der Waals surface area contributed by atoms with E-state index < -0.39 is 0 Å². The second-order valence-electron chi connectivity index (χ2n) is 4.43. The molecular weight excluding hydrogens is 198 g/mol. The van der Waals surface area contributed by atoms with Crippen molar-refractivity contribution in [3.8, 4) is 0 Å². The first-order valence-corrected chi connectivity index (χ1v) is 6.35. The fraction of sp³-hybridized carbons (Fsp3) is 1.00. The van der Waals surface area contributed by atoms with Crippen LogP contribution in [0.5, 0.6) is 0 Å². The van der Waals surface area contributed by atoms with Gasteiger partial charge in [-0.15, -0.1) is 11.6 Å². The van der Waals surface area contributed by atoms with Gasteiger partial charge in [0.15, 0.2) is 0 Å². The Morgan fingerprint density at radius 2 is 2.00 bits per heavy atom. The van der Waals surface area contributed by atoms with Gasteiger partial charge >= 0.3 is 0 Å². The Bertz CT molecular complexity index is 171. The van der Waals surface area contributed by atoms with Gasteiger partial charge in [0.25, 0.3) is 0 Å². The van der Waals surface area contributed by atoms with Crippen LogP contribution >= 0.6 is 11.6 Å². The molecule has 2 rings (SSSR count). The SMILES string of the molecule is ClCC1CN(C2CCCCC2)CCO1. The summed E-state index contributed by atoms with van der Waals surface area (Å²) in [6.45, 7) is 3.03. The average molecular weight is 218 g/mol. The van der Waals surface area contributed by atoms with Crippen molar-refractivity contribution in [2.24, 2.45) is 0 Å². The molecule has 82 valence electrons. The summed E-state index contributed by atoms with van der Waals surface area (Å²) in [5, 5.41) is 0. The maximum Gasteiger partial charge on any atom is 0.0837 e. The van der Waals surface area contributed by atoms with Crippen molar-refractivity contribution in [3.63, 3.8) is 0 Å². The summed E-state index contributed by atoms with van der Waals surface area (Å²) in [6, 6.07) is 0.818. The topological polar surface area (TPSA) is 12.5 Å². The summed E-state index contributed by atoms with van der Waals surface area (Å²) in [5.74, 6) is 0.642. The van der Waals surface area contributed by atoms with E-state index in [1.165, 1.54) is 32.1 Å². The monoisotopic (exact) mass is 217 g/mol. The van der Waals surface area contributed by atoms with E-state index in [2.05, 4.69) is 4.90 Å². The quantitative estimate of drug-likeness (QED) is 0.658. The maximum absolute atomic E-state index is 5.83. The molecule has 1 heterocycles. The highest BCUT2D eigenvalue weighted by Gasteiger charge is 2.26. The number of halogens is 1. The van der Waals surface area contributed by atoms with E-state index in [0.29, 0.717) is 5.88 Å². The summed E-state index contributed by atoms with van der Waals surface area (Å²) in [4.78, 5) is 2.59. The zero-order valence-electron chi connectivity index (χ0n) is 8.75. The third kappa shape index (κ3) is 2.62. The number of ether oxygens (including phenoxy) is 1. The summed E-state index contributed by atoms with van der Waals surface area (Å²) in [7, 11) is 0. The van der Waals surface area contributed by atoms with Crippen LogP contribution in [0.4, 0.5) is 0 Å². The molecule has 1 aliphatic carbocycles. The van der Waals surface area contributed by atoms with Crippen LogP contribution in [0.25, 0.3) is 0 Å². The highest BCUT2D eigenvalue weighted by molar-refractivity contribution is 6.18. The molecule has 0 spiro atoms. The lowest BCUT2D eigenvalue weighted by Crippen LogP contribution is -2.48. The number of morpholine rings is 1. The number of nitrogens with zero attached hydrogens (tertiary/aromatic N) is 1. The van der Waals surface area contributed by atoms with Gasteiger partial charge < -0.3 is 4.74 Å². The van der Waals surface area contributed by atoms with Crippen LogP contribution in [-0.2, 0) is 4.74 Å². The third-order valence-electron chi connectivity index (χ3n) is 3.43. The van der Waals surface area contributed by atoms with Crippen LogP contribution in [0.3, 0.4) is 0 Å². The first kappa shape index (κ1) is 10.7. The van der Waals surface area contributed by atoms with Crippen LogP contribution < -0.4 is 0 Å². The second kappa shape index (κ2) is 5.34. The van der Waals surface area contributed by atoms with Crippen LogP contribution in [-0.4, -0.2) is 42.6 Å². The number of alkyl halides is 1. The minimum absolute atomic E-state index is 0.271. The molecule has 1 aliphatic heterocycles. The molecule has 1 saturated carbocycles. The standard InChI is InChI=1S/C11H20ClNO/c12-8-11-9-13(6-7-14-11)10-4-2-1-3-5-10/h10-11H,1-9H2. The average Bonchev–Trinajstić information content (AvgIpc) is 2.30. The van der Waals surface area contributed by atoms with Crippen molar-refractivity contribution < 1.29 is 4.74 Å². The lowest BCUT2D eigenvalue weighted by molar-refractivity contribution is -0.0376. The molecule has 2 aliphatic rings. The molecule has 14 heavy (non-hydrogen) atoms. The fourth-order valence-electron chi connectivity index (χ4n) is 2.61. The lowest BCUT2D eigenvalue weighted by atomic mass is 9.94. The van der Waals surface area contributed by atoms with E-state index in [0.717, 1.165) is 25.7 Å². The predicted octanol–water partition coefficient (Wildman–Crippen LogP) is 2.26. The molecule has 2 nitrogen and oxygen atoms in total. The first-order chi connectivity index (χ1) is 6.90. The smallest absolute Gasteiger partial charge is 0.0837 e. The van der Waals surface area contributed by atoms with Crippen LogP contribution in [0, 0.1) is 0 Å². The zero-order chi connectivity index (χ0) is 9.80. The predicted molar refractivity (Wildman–Crippen MR) is 58.9 cm³/mol. The van der Waals surface area contributed by atoms with Gasteiger partial charge in [0.05, 0.1) is 12.7 Å². The van der Waals surface area contributed by atoms with Crippen molar-refractivity contribution in [3.05, 3.63) is 0 Å². The number of hydrogen-bond donors (Lipinski definition) is 0. The Hall–Kier alpha value is 0.210. The number of hydrogen-bond acceptors (Lipinski definition) is 2. The molecule has 0 aromatic heterocycles. The highest BCUT2D eigenvalue weighted by atomic mass is 35.5. The van der Waals surface area contributed by atoms with Gasteiger partial charge in [0, 0.05) is 25.0 Å². The minimum Gasteiger partial charge on any atom is -0.374 e. The normalized spacial score (nSPS) is 31.9. The van der Waals surface area contributed by atoms with Crippen LogP contribution in [0.1, 0.15) is 32.1 Å². The van der Waals surface area contributed by atoms with Gasteiger partial charge in [-0.2, -0.15) is 0 Å². The Morgan fingerprint density at radius 1 is 1.21 bits per heavy atom. The van der Waals surface area contributed by atoms with Crippen molar-refractivity contribution in [2.75, 3.05) is 25.6 Å². The highest BCUT2D eigenvalue weighted by Crippen LogP contribution is 2.24. The van der Waals surface area contributed by atoms with Gasteiger partial charge in [-0.05, 0) is 12.8 Å². The van der Waals surface area contributed by atoms with E-state index in [9.17, 15) is 0 Å². The van der Waals surface area contributed by atoms with Gasteiger partial charge in [-0.1, -0.05) is 19.3 Å². The fourth-order valence-corrected chi connectivity index (χ4v) is 2.80. The van der Waals surface area contributed by atoms with Crippen LogP contribution in [0.2, 0.25) is 0 Å². The molecule has 0 aromatic carbocycles. The number of rotatable bonds is 2. The molecule has 1 unspecified atom stereocenters. The molecule has 0 amide bonds. The van der Waals surface area contributed by atoms with E-state index in [1.807, 2.05) is 0 Å². The summed E-state index contributed by atoms with van der Waals surface area (Å²) in [6.07, 6.45) is 7.29. The largest absolute Gasteiger partial charge is 0.374 e. The molecule has 2 fully saturated rings. The van der Waals surface area contributed by atoms with Crippen molar-refractivity contribution in [2.45, 2.75) is 44.2 Å². The molecule has 0 aromatic rings. The zero-order valence-corrected chi connectivity index (χ0v) is 9.51. The van der Waals surface area contributed by atoms with Gasteiger partial charge in [-0.3, -0.25) is 4.90 Å². The van der Waals surface area contributed by atoms with Gasteiger partial charge in [0.2, 0.25) is 0 Å². The Morgan fingerprint density at radius 3 is 2.71 bits per heavy atom. The molecule has 0 radical (unpaired) electrons. The summed E-state index contributed by atoms with van der Waals surface area (Å²) >= 11 is 5.83. The second-order valence-corrected chi connectivity index (χ2v) is 4.74. The Kier molecular flexibility index (Phi) is 4.09. The first-order valence-electron chi connectivity index (χ1n) is 5.82. The molecular formula is C11H20ClNO. The van der Waals surface area contributed by atoms with E-state index in [1.54, 1.807) is 0 Å². The van der Waals surface area contributed by atoms with E-state index >= 15 is 0 Å². The minimum atomic E-state index is 0.271. The molecule has 1 atom stereocenters. The molecule has 0 bridgehead atoms. The van der Waals surface area contributed by atoms with Crippen molar-refractivity contribution in [1.29, 1.82) is 0 Å². The van der Waals surface area contributed by atoms with E-state index in [-0.39, 0.29) is 6.10 Å². The summed E-state index contributed by atoms with van der Waals surface area (Å²) in [5.41, 5.74) is 0. The van der Waals surface area contributed by atoms with Crippen molar-refractivity contribution in [1.82, 2.24) is 4.90 Å². The van der Waals surface area contributed by atoms with Crippen LogP contribution in [0.15, 0.2) is 0 Å². The molecule has 0 N–H and O–H groups in total. The summed E-state index contributed by atoms with van der Waals surface area (Å²) < 4.78 is 5.57. The Balaban J connectivity index is 1.83. The van der Waals surface area contributed by atoms with Gasteiger partial charge in [0.1, 0.15) is 0 Å². The van der Waals surface area contributed by atoms with Crippen molar-refractivity contribution >= 4 is 11.6 Å². The lowest BCUT2D eigenvalue weighted by Gasteiger charge is -2.39. The Labute approximate surface area is 91.6 Å². The van der Waals surface area contributed by atoms with Gasteiger partial charge in [-0.25, -0.2) is 0 Å². The molecule has 1 saturated heterocycles. The van der Waals surface area contributed by atoms with E-state index in [4.69, 9.17) is 16.3 Å². The third-order valence-corrected chi connectivity index (χ3v) is 3.78. The maximum atomic E-state index is 5.83.